The molecular formula is C14H21NO3. The second kappa shape index (κ2) is 6.52. The van der Waals surface area contributed by atoms with Crippen LogP contribution in [-0.4, -0.2) is 43.3 Å². The van der Waals surface area contributed by atoms with E-state index in [0.717, 1.165) is 11.1 Å². The van der Waals surface area contributed by atoms with Gasteiger partial charge in [0.15, 0.2) is 0 Å². The van der Waals surface area contributed by atoms with Crippen LogP contribution in [0.5, 0.6) is 0 Å². The first-order chi connectivity index (χ1) is 8.47. The Morgan fingerprint density at radius 1 is 1.39 bits per heavy atom. The Bertz CT molecular complexity index is 418. The molecule has 0 radical (unpaired) electrons. The number of likely N-dealkylation sites (N-methyl/N-ethyl adjacent to an activating group) is 1. The van der Waals surface area contributed by atoms with Crippen LogP contribution in [0.15, 0.2) is 18.2 Å². The average molecular weight is 251 g/mol. The SMILES string of the molecule is COCCN(C)[C@H](C(=O)O)c1ccc(C)c(C)c1. The predicted molar refractivity (Wildman–Crippen MR) is 70.8 cm³/mol. The number of carbonyl (C=O) groups is 1. The second-order valence-electron chi connectivity index (χ2n) is 4.56. The van der Waals surface area contributed by atoms with Gasteiger partial charge in [0.05, 0.1) is 6.61 Å². The summed E-state index contributed by atoms with van der Waals surface area (Å²) in [6, 6.07) is 5.16. The Labute approximate surface area is 108 Å². The smallest absolute Gasteiger partial charge is 0.325 e. The standard InChI is InChI=1S/C14H21NO3/c1-10-5-6-12(9-11(10)2)13(14(16)17)15(3)7-8-18-4/h5-6,9,13H,7-8H2,1-4H3,(H,16,17)/t13-/m0/s1. The Morgan fingerprint density at radius 2 is 2.06 bits per heavy atom. The number of hydrogen-bond acceptors (Lipinski definition) is 3. The topological polar surface area (TPSA) is 49.8 Å². The van der Waals surface area contributed by atoms with Crippen LogP contribution in [0.25, 0.3) is 0 Å². The molecule has 1 N–H and O–H groups in total. The van der Waals surface area contributed by atoms with Gasteiger partial charge in [0, 0.05) is 13.7 Å². The van der Waals surface area contributed by atoms with Crippen LogP contribution in [0.1, 0.15) is 22.7 Å². The quantitative estimate of drug-likeness (QED) is 0.840. The Kier molecular flexibility index (Phi) is 5.31. The number of nitrogens with zero attached hydrogens (tertiary/aromatic N) is 1. The van der Waals surface area contributed by atoms with E-state index >= 15 is 0 Å². The number of methoxy groups -OCH3 is 1. The van der Waals surface area contributed by atoms with Gasteiger partial charge >= 0.3 is 5.97 Å². The summed E-state index contributed by atoms with van der Waals surface area (Å²) in [6.45, 7) is 5.11. The van der Waals surface area contributed by atoms with E-state index in [9.17, 15) is 9.90 Å². The van der Waals surface area contributed by atoms with Gasteiger partial charge in [-0.15, -0.1) is 0 Å². The zero-order chi connectivity index (χ0) is 13.7. The van der Waals surface area contributed by atoms with Crippen LogP contribution in [0.2, 0.25) is 0 Å². The molecule has 0 aromatic heterocycles. The third kappa shape index (κ3) is 3.55. The molecule has 0 aliphatic rings. The molecule has 0 unspecified atom stereocenters. The van der Waals surface area contributed by atoms with Gasteiger partial charge in [-0.05, 0) is 37.6 Å². The highest BCUT2D eigenvalue weighted by Gasteiger charge is 2.24. The number of aryl methyl sites for hydroxylation is 2. The summed E-state index contributed by atoms with van der Waals surface area (Å²) in [6.07, 6.45) is 0. The highest BCUT2D eigenvalue weighted by Crippen LogP contribution is 2.22. The highest BCUT2D eigenvalue weighted by atomic mass is 16.5. The number of hydrogen-bond donors (Lipinski definition) is 1. The Balaban J connectivity index is 2.97. The van der Waals surface area contributed by atoms with E-state index in [4.69, 9.17) is 4.74 Å². The molecule has 100 valence electrons. The van der Waals surface area contributed by atoms with Crippen molar-refractivity contribution in [2.75, 3.05) is 27.3 Å². The number of ether oxygens (including phenoxy) is 1. The number of rotatable bonds is 6. The fourth-order valence-corrected chi connectivity index (χ4v) is 1.88. The normalized spacial score (nSPS) is 12.7. The van der Waals surface area contributed by atoms with Gasteiger partial charge in [-0.3, -0.25) is 9.69 Å². The van der Waals surface area contributed by atoms with E-state index < -0.39 is 12.0 Å². The summed E-state index contributed by atoms with van der Waals surface area (Å²) < 4.78 is 4.99. The number of benzene rings is 1. The van der Waals surface area contributed by atoms with Gasteiger partial charge in [0.1, 0.15) is 6.04 Å². The van der Waals surface area contributed by atoms with Crippen molar-refractivity contribution < 1.29 is 14.6 Å². The van der Waals surface area contributed by atoms with Crippen LogP contribution in [0.3, 0.4) is 0 Å². The van der Waals surface area contributed by atoms with Gasteiger partial charge in [-0.25, -0.2) is 0 Å². The number of aliphatic carboxylic acids is 1. The van der Waals surface area contributed by atoms with E-state index in [1.165, 1.54) is 5.56 Å². The highest BCUT2D eigenvalue weighted by molar-refractivity contribution is 5.75. The molecule has 0 bridgehead atoms. The molecule has 1 aromatic rings. The lowest BCUT2D eigenvalue weighted by Gasteiger charge is -2.25. The molecular weight excluding hydrogens is 230 g/mol. The van der Waals surface area contributed by atoms with Crippen molar-refractivity contribution in [1.82, 2.24) is 4.90 Å². The Hall–Kier alpha value is -1.39. The van der Waals surface area contributed by atoms with Crippen molar-refractivity contribution in [3.63, 3.8) is 0 Å². The third-order valence-electron chi connectivity index (χ3n) is 3.17. The van der Waals surface area contributed by atoms with Crippen molar-refractivity contribution in [1.29, 1.82) is 0 Å². The fourth-order valence-electron chi connectivity index (χ4n) is 1.88. The van der Waals surface area contributed by atoms with Crippen molar-refractivity contribution in [3.05, 3.63) is 34.9 Å². The molecule has 0 aliphatic heterocycles. The summed E-state index contributed by atoms with van der Waals surface area (Å²) in [7, 11) is 3.41. The minimum absolute atomic E-state index is 0.519. The van der Waals surface area contributed by atoms with Crippen LogP contribution in [0.4, 0.5) is 0 Å². The maximum atomic E-state index is 11.4. The molecule has 0 amide bonds. The number of carboxylic acids is 1. The van der Waals surface area contributed by atoms with E-state index in [-0.39, 0.29) is 0 Å². The molecule has 0 aliphatic carbocycles. The molecule has 4 nitrogen and oxygen atoms in total. The van der Waals surface area contributed by atoms with E-state index in [2.05, 4.69) is 0 Å². The molecule has 0 spiro atoms. The first kappa shape index (κ1) is 14.7. The lowest BCUT2D eigenvalue weighted by atomic mass is 10.0. The van der Waals surface area contributed by atoms with E-state index in [1.807, 2.05) is 32.0 Å². The second-order valence-corrected chi connectivity index (χ2v) is 4.56. The largest absolute Gasteiger partial charge is 0.480 e. The average Bonchev–Trinajstić information content (AvgIpc) is 2.31. The lowest BCUT2D eigenvalue weighted by molar-refractivity contribution is -0.143. The monoisotopic (exact) mass is 251 g/mol. The van der Waals surface area contributed by atoms with Crippen LogP contribution in [0, 0.1) is 13.8 Å². The number of carboxylic acid groups (broad SMARTS) is 1. The Morgan fingerprint density at radius 3 is 2.56 bits per heavy atom. The zero-order valence-corrected chi connectivity index (χ0v) is 11.4. The van der Waals surface area contributed by atoms with Gasteiger partial charge in [-0.2, -0.15) is 0 Å². The molecule has 0 saturated carbocycles. The molecule has 4 heteroatoms. The third-order valence-corrected chi connectivity index (χ3v) is 3.17. The van der Waals surface area contributed by atoms with Crippen molar-refractivity contribution in [2.24, 2.45) is 0 Å². The van der Waals surface area contributed by atoms with E-state index in [0.29, 0.717) is 13.2 Å². The molecule has 0 fully saturated rings. The maximum Gasteiger partial charge on any atom is 0.325 e. The van der Waals surface area contributed by atoms with Crippen molar-refractivity contribution in [2.45, 2.75) is 19.9 Å². The van der Waals surface area contributed by atoms with Gasteiger partial charge < -0.3 is 9.84 Å². The summed E-state index contributed by atoms with van der Waals surface area (Å²) >= 11 is 0. The maximum absolute atomic E-state index is 11.4. The molecule has 0 saturated heterocycles. The van der Waals surface area contributed by atoms with Crippen molar-refractivity contribution in [3.8, 4) is 0 Å². The molecule has 1 aromatic carbocycles. The fraction of sp³-hybridized carbons (Fsp3) is 0.500. The predicted octanol–water partition coefficient (Wildman–Crippen LogP) is 2.01. The molecule has 1 rings (SSSR count). The van der Waals surface area contributed by atoms with Gasteiger partial charge in [-0.1, -0.05) is 18.2 Å². The molecule has 1 atom stereocenters. The zero-order valence-electron chi connectivity index (χ0n) is 11.4. The summed E-state index contributed by atoms with van der Waals surface area (Å²) in [5.41, 5.74) is 3.09. The van der Waals surface area contributed by atoms with Crippen LogP contribution >= 0.6 is 0 Å². The molecule has 0 heterocycles. The van der Waals surface area contributed by atoms with Crippen LogP contribution in [-0.2, 0) is 9.53 Å². The minimum atomic E-state index is -0.836. The van der Waals surface area contributed by atoms with Gasteiger partial charge in [0.2, 0.25) is 0 Å². The summed E-state index contributed by atoms with van der Waals surface area (Å²) in [5.74, 6) is -0.836. The van der Waals surface area contributed by atoms with E-state index in [1.54, 1.807) is 19.1 Å². The minimum Gasteiger partial charge on any atom is -0.480 e. The van der Waals surface area contributed by atoms with Gasteiger partial charge in [0.25, 0.3) is 0 Å². The molecule has 18 heavy (non-hydrogen) atoms. The first-order valence-electron chi connectivity index (χ1n) is 5.96. The summed E-state index contributed by atoms with van der Waals surface area (Å²) in [5, 5.41) is 9.37. The lowest BCUT2D eigenvalue weighted by Crippen LogP contribution is -2.33. The van der Waals surface area contributed by atoms with Crippen LogP contribution < -0.4 is 0 Å². The summed E-state index contributed by atoms with van der Waals surface area (Å²) in [4.78, 5) is 13.2. The first-order valence-corrected chi connectivity index (χ1v) is 5.96. The van der Waals surface area contributed by atoms with Crippen molar-refractivity contribution >= 4 is 5.97 Å².